The number of likely N-dealkylation sites (N-methyl/N-ethyl adjacent to an activating group) is 1. The van der Waals surface area contributed by atoms with Crippen LogP contribution in [0, 0.1) is 5.82 Å². The molecule has 1 atom stereocenters. The van der Waals surface area contributed by atoms with E-state index in [0.717, 1.165) is 5.56 Å². The molecule has 2 N–H and O–H groups in total. The van der Waals surface area contributed by atoms with E-state index < -0.39 is 23.3 Å². The van der Waals surface area contributed by atoms with Crippen LogP contribution in [-0.2, 0) is 17.9 Å². The third kappa shape index (κ3) is 5.36. The molecule has 5 rings (SSSR count). The Morgan fingerprint density at radius 2 is 1.92 bits per heavy atom. The summed E-state index contributed by atoms with van der Waals surface area (Å²) in [6.07, 6.45) is 9.53. The first kappa shape index (κ1) is 25.7. The molecule has 3 aromatic heterocycles. The molecule has 12 heteroatoms. The van der Waals surface area contributed by atoms with Crippen LogP contribution in [0.5, 0.6) is 0 Å². The maximum atomic E-state index is 13.6. The van der Waals surface area contributed by atoms with Crippen LogP contribution in [0.4, 0.5) is 16.0 Å². The zero-order valence-electron chi connectivity index (χ0n) is 21.1. The Labute approximate surface area is 222 Å². The summed E-state index contributed by atoms with van der Waals surface area (Å²) in [6.45, 7) is 2.06. The Morgan fingerprint density at radius 3 is 2.69 bits per heavy atom. The van der Waals surface area contributed by atoms with E-state index in [9.17, 15) is 18.8 Å². The number of amides is 1. The molecule has 0 saturated heterocycles. The number of anilines is 2. The largest absolute Gasteiger partial charge is 0.357 e. The molecule has 0 bridgehead atoms. The molecular weight excluding hydrogens is 505 g/mol. The molecule has 1 aliphatic rings. The van der Waals surface area contributed by atoms with Crippen molar-refractivity contribution < 1.29 is 18.5 Å². The van der Waals surface area contributed by atoms with Gasteiger partial charge in [-0.15, -0.1) is 0 Å². The number of nitrogens with one attached hydrogen (secondary N) is 2. The lowest BCUT2D eigenvalue weighted by Gasteiger charge is -2.26. The normalized spacial score (nSPS) is 13.2. The van der Waals surface area contributed by atoms with Gasteiger partial charge in [-0.05, 0) is 49.9 Å². The third-order valence-electron chi connectivity index (χ3n) is 6.32. The molecule has 1 aromatic carbocycles. The molecule has 198 valence electrons. The molecule has 0 aliphatic carbocycles. The van der Waals surface area contributed by atoms with Gasteiger partial charge in [0.25, 0.3) is 5.56 Å². The second kappa shape index (κ2) is 10.8. The third-order valence-corrected chi connectivity index (χ3v) is 6.32. The Bertz CT molecular complexity index is 1630. The monoisotopic (exact) mass is 529 g/mol. The van der Waals surface area contributed by atoms with Crippen LogP contribution >= 0.6 is 0 Å². The van der Waals surface area contributed by atoms with Crippen molar-refractivity contribution in [2.45, 2.75) is 26.1 Å². The van der Waals surface area contributed by atoms with E-state index >= 15 is 0 Å². The number of pyridine rings is 1. The molecule has 39 heavy (non-hydrogen) atoms. The van der Waals surface area contributed by atoms with E-state index in [-0.39, 0.29) is 23.7 Å². The summed E-state index contributed by atoms with van der Waals surface area (Å²) < 4.78 is 20.0. The molecule has 0 radical (unpaired) electrons. The molecule has 11 nitrogen and oxygen atoms in total. The van der Waals surface area contributed by atoms with Gasteiger partial charge in [-0.3, -0.25) is 23.9 Å². The number of carbonyl (C=O) groups excluding carboxylic acids is 2. The molecule has 1 amide bonds. The van der Waals surface area contributed by atoms with Crippen LogP contribution in [0.15, 0.2) is 70.6 Å². The van der Waals surface area contributed by atoms with E-state index in [2.05, 4.69) is 25.8 Å². The fraction of sp³-hybridized carbons (Fsp3) is 0.185. The Morgan fingerprint density at radius 1 is 1.13 bits per heavy atom. The first-order valence-electron chi connectivity index (χ1n) is 12.0. The maximum Gasteiger partial charge on any atom is 0.295 e. The Kier molecular flexibility index (Phi) is 7.10. The van der Waals surface area contributed by atoms with Gasteiger partial charge in [0.15, 0.2) is 17.4 Å². The van der Waals surface area contributed by atoms with Crippen molar-refractivity contribution in [1.29, 1.82) is 0 Å². The van der Waals surface area contributed by atoms with Crippen molar-refractivity contribution >= 4 is 29.4 Å². The first-order chi connectivity index (χ1) is 18.8. The fourth-order valence-electron chi connectivity index (χ4n) is 4.03. The molecule has 0 spiro atoms. The number of nitrogens with zero attached hydrogens (tertiary/aromatic N) is 5. The molecular formula is C27H24FN7O4. The summed E-state index contributed by atoms with van der Waals surface area (Å²) in [5, 5.41) is 9.21. The lowest BCUT2D eigenvalue weighted by atomic mass is 10.0. The zero-order chi connectivity index (χ0) is 27.5. The molecule has 4 heterocycles. The first-order valence-corrected chi connectivity index (χ1v) is 12.0. The van der Waals surface area contributed by atoms with Crippen LogP contribution in [0.1, 0.15) is 39.7 Å². The second-order valence-corrected chi connectivity index (χ2v) is 8.93. The van der Waals surface area contributed by atoms with Gasteiger partial charge >= 0.3 is 0 Å². The average Bonchev–Trinajstić information content (AvgIpc) is 3.43. The number of hydrogen-bond acceptors (Lipinski definition) is 9. The predicted molar refractivity (Wildman–Crippen MR) is 141 cm³/mol. The number of rotatable bonds is 8. The lowest BCUT2D eigenvalue weighted by Crippen LogP contribution is -2.39. The maximum absolute atomic E-state index is 13.6. The Balaban J connectivity index is 1.51. The minimum atomic E-state index is -0.547. The molecule has 0 unspecified atom stereocenters. The van der Waals surface area contributed by atoms with E-state index in [4.69, 9.17) is 4.52 Å². The summed E-state index contributed by atoms with van der Waals surface area (Å²) in [5.41, 5.74) is 1.44. The molecule has 4 aromatic rings. The minimum absolute atomic E-state index is 0.0273. The summed E-state index contributed by atoms with van der Waals surface area (Å²) in [4.78, 5) is 49.3. The van der Waals surface area contributed by atoms with Crippen molar-refractivity contribution in [3.05, 3.63) is 106 Å². The van der Waals surface area contributed by atoms with Crippen molar-refractivity contribution in [3.63, 3.8) is 0 Å². The van der Waals surface area contributed by atoms with Crippen LogP contribution in [0.2, 0.25) is 0 Å². The number of halogens is 1. The predicted octanol–water partition coefficient (Wildman–Crippen LogP) is 2.58. The molecule has 0 saturated carbocycles. The summed E-state index contributed by atoms with van der Waals surface area (Å²) in [7, 11) is 1.63. The number of hydrogen-bond donors (Lipinski definition) is 2. The lowest BCUT2D eigenvalue weighted by molar-refractivity contribution is -0.117. The smallest absolute Gasteiger partial charge is 0.295 e. The summed E-state index contributed by atoms with van der Waals surface area (Å²) in [6, 6.07) is 6.31. The van der Waals surface area contributed by atoms with Gasteiger partial charge in [0.1, 0.15) is 11.6 Å². The number of carbonyl (C=O) groups is 2. The number of benzene rings is 1. The van der Waals surface area contributed by atoms with Crippen LogP contribution in [-0.4, -0.2) is 44.5 Å². The topological polar surface area (TPSA) is 135 Å². The number of aromatic nitrogens is 4. The van der Waals surface area contributed by atoms with E-state index in [1.807, 2.05) is 0 Å². The highest BCUT2D eigenvalue weighted by Gasteiger charge is 2.22. The van der Waals surface area contributed by atoms with E-state index in [0.29, 0.717) is 29.2 Å². The van der Waals surface area contributed by atoms with Gasteiger partial charge in [0.05, 0.1) is 31.5 Å². The minimum Gasteiger partial charge on any atom is -0.357 e. The highest BCUT2D eigenvalue weighted by molar-refractivity contribution is 6.08. The fourth-order valence-corrected chi connectivity index (χ4v) is 4.03. The quantitative estimate of drug-likeness (QED) is 0.330. The second-order valence-electron chi connectivity index (χ2n) is 8.93. The van der Waals surface area contributed by atoms with Gasteiger partial charge in [-0.1, -0.05) is 5.16 Å². The zero-order valence-corrected chi connectivity index (χ0v) is 21.1. The van der Waals surface area contributed by atoms with Gasteiger partial charge in [-0.2, -0.15) is 0 Å². The van der Waals surface area contributed by atoms with Crippen molar-refractivity contribution in [1.82, 2.24) is 25.0 Å². The highest BCUT2D eigenvalue weighted by Crippen LogP contribution is 2.25. The summed E-state index contributed by atoms with van der Waals surface area (Å²) >= 11 is 0. The van der Waals surface area contributed by atoms with Crippen molar-refractivity contribution in [3.8, 4) is 0 Å². The van der Waals surface area contributed by atoms with Gasteiger partial charge in [0.2, 0.25) is 5.91 Å². The highest BCUT2D eigenvalue weighted by atomic mass is 19.1. The van der Waals surface area contributed by atoms with Crippen LogP contribution < -0.4 is 21.1 Å². The van der Waals surface area contributed by atoms with Crippen molar-refractivity contribution in [2.75, 3.05) is 17.3 Å². The SMILES string of the molecule is CN[C@@H](C)C(=O)Nc1ncc(N2C=Cc3oncc3C2)n(Cc2cncc(C(=O)c3ccc(F)cc3)c2)c1=O. The number of ketones is 1. The van der Waals surface area contributed by atoms with Gasteiger partial charge in [0, 0.05) is 41.4 Å². The van der Waals surface area contributed by atoms with Gasteiger partial charge in [-0.25, -0.2) is 9.37 Å². The molecule has 1 aliphatic heterocycles. The van der Waals surface area contributed by atoms with Crippen LogP contribution in [0.25, 0.3) is 6.08 Å². The molecule has 0 fully saturated rings. The van der Waals surface area contributed by atoms with E-state index in [1.165, 1.54) is 41.2 Å². The summed E-state index contributed by atoms with van der Waals surface area (Å²) in [5.74, 6) is -0.266. The standard InChI is InChI=1S/C27H24FN7O4/c1-16(29-2)26(37)33-25-27(38)35(23(13-31-25)34-8-7-22-20(15-34)12-32-39-22)14-17-9-19(11-30-10-17)24(36)18-3-5-21(28)6-4-18/h3-13,16,29H,14-15H2,1-2H3,(H,31,33,37)/t16-/m0/s1. The number of fused-ring (bicyclic) bond motifs is 1. The van der Waals surface area contributed by atoms with Gasteiger partial charge < -0.3 is 20.1 Å². The van der Waals surface area contributed by atoms with Crippen molar-refractivity contribution in [2.24, 2.45) is 0 Å². The van der Waals surface area contributed by atoms with E-state index in [1.54, 1.807) is 49.6 Å². The average molecular weight is 530 g/mol. The van der Waals surface area contributed by atoms with Crippen LogP contribution in [0.3, 0.4) is 0 Å². The Hall–Kier alpha value is -4.97.